The van der Waals surface area contributed by atoms with Crippen molar-refractivity contribution in [2.24, 2.45) is 0 Å². The highest BCUT2D eigenvalue weighted by Gasteiger charge is 2.55. The van der Waals surface area contributed by atoms with Crippen LogP contribution in [0.3, 0.4) is 0 Å². The topological polar surface area (TPSA) is 66.9 Å². The number of nitrogens with zero attached hydrogens (tertiary/aromatic N) is 2. The fourth-order valence-electron chi connectivity index (χ4n) is 4.03. The molecule has 0 aliphatic carbocycles. The summed E-state index contributed by atoms with van der Waals surface area (Å²) in [6, 6.07) is 18.2. The van der Waals surface area contributed by atoms with Gasteiger partial charge in [0.05, 0.1) is 5.69 Å². The summed E-state index contributed by atoms with van der Waals surface area (Å²) in [5, 5.41) is 0. The van der Waals surface area contributed by atoms with E-state index in [1.165, 1.54) is 0 Å². The summed E-state index contributed by atoms with van der Waals surface area (Å²) in [4.78, 5) is 40.9. The fourth-order valence-corrected chi connectivity index (χ4v) is 4.03. The highest BCUT2D eigenvalue weighted by atomic mass is 35.5. The molecule has 0 saturated carbocycles. The number of rotatable bonds is 6. The molecule has 2 fully saturated rings. The van der Waals surface area contributed by atoms with Crippen molar-refractivity contribution in [2.45, 2.75) is 31.3 Å². The number of piperidine rings is 1. The van der Waals surface area contributed by atoms with E-state index in [1.54, 1.807) is 24.3 Å². The lowest BCUT2D eigenvalue weighted by molar-refractivity contribution is -0.133. The molecule has 2 aliphatic heterocycles. The summed E-state index contributed by atoms with van der Waals surface area (Å²) < 4.78 is 5.57. The zero-order valence-corrected chi connectivity index (χ0v) is 17.5. The number of ether oxygens (including phenoxy) is 1. The maximum Gasteiger partial charge on any atom is 0.422 e. The Labute approximate surface area is 182 Å². The van der Waals surface area contributed by atoms with Crippen molar-refractivity contribution in [1.82, 2.24) is 4.90 Å². The molecule has 158 valence electrons. The van der Waals surface area contributed by atoms with Crippen LogP contribution in [0.15, 0.2) is 60.7 Å². The number of carbonyl (C=O) groups is 3. The number of benzene rings is 2. The molecule has 6 nitrogen and oxygen atoms in total. The molecule has 0 atom stereocenters. The van der Waals surface area contributed by atoms with E-state index in [1.807, 2.05) is 36.4 Å². The predicted octanol–water partition coefficient (Wildman–Crippen LogP) is 4.09. The quantitative estimate of drug-likeness (QED) is 0.648. The van der Waals surface area contributed by atoms with Crippen LogP contribution in [0.2, 0.25) is 0 Å². The van der Waals surface area contributed by atoms with Gasteiger partial charge < -0.3 is 9.64 Å². The maximum absolute atomic E-state index is 13.0. The number of hydrogen-bond donors (Lipinski definition) is 0. The molecule has 1 spiro atoms. The van der Waals surface area contributed by atoms with Crippen molar-refractivity contribution in [3.05, 3.63) is 66.2 Å². The Balaban J connectivity index is 0.00000256. The van der Waals surface area contributed by atoms with Crippen LogP contribution in [0.25, 0.3) is 0 Å². The monoisotopic (exact) mass is 428 g/mol. The first-order valence-electron chi connectivity index (χ1n) is 10.0. The Morgan fingerprint density at radius 1 is 0.933 bits per heavy atom. The number of carbonyl (C=O) groups excluding carboxylic acids is 3. The van der Waals surface area contributed by atoms with Gasteiger partial charge in [-0.05, 0) is 25.1 Å². The number of anilines is 1. The van der Waals surface area contributed by atoms with Crippen molar-refractivity contribution in [1.29, 1.82) is 0 Å². The third-order valence-corrected chi connectivity index (χ3v) is 5.71. The minimum Gasteiger partial charge on any atom is -0.432 e. The summed E-state index contributed by atoms with van der Waals surface area (Å²) in [7, 11) is 0. The number of imide groups is 1. The second-order valence-corrected chi connectivity index (χ2v) is 7.57. The van der Waals surface area contributed by atoms with Gasteiger partial charge in [0.2, 0.25) is 0 Å². The van der Waals surface area contributed by atoms with Gasteiger partial charge in [-0.15, -0.1) is 12.4 Å². The van der Waals surface area contributed by atoms with Crippen molar-refractivity contribution in [3.63, 3.8) is 0 Å². The van der Waals surface area contributed by atoms with Gasteiger partial charge in [-0.2, -0.15) is 0 Å². The highest BCUT2D eigenvalue weighted by Crippen LogP contribution is 2.36. The van der Waals surface area contributed by atoms with Gasteiger partial charge in [-0.25, -0.2) is 9.69 Å². The molecule has 0 radical (unpaired) electrons. The van der Waals surface area contributed by atoms with Gasteiger partial charge in [0, 0.05) is 37.9 Å². The van der Waals surface area contributed by atoms with Gasteiger partial charge in [0.15, 0.2) is 11.4 Å². The molecule has 2 aliphatic rings. The lowest BCUT2D eigenvalue weighted by atomic mass is 9.90. The second kappa shape index (κ2) is 9.41. The number of amides is 2. The van der Waals surface area contributed by atoms with Crippen molar-refractivity contribution in [3.8, 4) is 0 Å². The van der Waals surface area contributed by atoms with E-state index in [9.17, 15) is 14.4 Å². The molecular formula is C23H25ClN2O4. The van der Waals surface area contributed by atoms with E-state index in [0.717, 1.165) is 23.4 Å². The van der Waals surface area contributed by atoms with E-state index >= 15 is 0 Å². The summed E-state index contributed by atoms with van der Waals surface area (Å²) in [6.07, 6.45) is 1.63. The molecule has 2 amide bonds. The van der Waals surface area contributed by atoms with E-state index in [0.29, 0.717) is 38.0 Å². The van der Waals surface area contributed by atoms with E-state index in [2.05, 4.69) is 4.90 Å². The maximum atomic E-state index is 13.0. The standard InChI is InChI=1S/C23H24N2O4.ClH/c26-20(18-8-3-1-4-9-18)12-7-15-24-16-13-23(14-17-24)21(27)25(22(28)29-23)19-10-5-2-6-11-19;/h1-6,8-11H,7,12-17H2;1H. The van der Waals surface area contributed by atoms with Crippen LogP contribution < -0.4 is 4.90 Å². The van der Waals surface area contributed by atoms with Crippen LogP contribution in [0, 0.1) is 0 Å². The van der Waals surface area contributed by atoms with E-state index < -0.39 is 11.7 Å². The Morgan fingerprint density at radius 3 is 2.17 bits per heavy atom. The number of likely N-dealkylation sites (tertiary alicyclic amines) is 1. The number of hydrogen-bond acceptors (Lipinski definition) is 5. The van der Waals surface area contributed by atoms with Crippen molar-refractivity contribution in [2.75, 3.05) is 24.5 Å². The summed E-state index contributed by atoms with van der Waals surface area (Å²) in [6.45, 7) is 2.13. The van der Waals surface area contributed by atoms with Crippen LogP contribution in [0.4, 0.5) is 10.5 Å². The smallest absolute Gasteiger partial charge is 0.422 e. The van der Waals surface area contributed by atoms with Crippen molar-refractivity contribution >= 4 is 35.9 Å². The average molecular weight is 429 g/mol. The minimum atomic E-state index is -1.05. The Morgan fingerprint density at radius 2 is 1.53 bits per heavy atom. The molecule has 30 heavy (non-hydrogen) atoms. The zero-order valence-electron chi connectivity index (χ0n) is 16.7. The van der Waals surface area contributed by atoms with Crippen LogP contribution in [-0.4, -0.2) is 47.9 Å². The minimum absolute atomic E-state index is 0. The predicted molar refractivity (Wildman–Crippen MR) is 116 cm³/mol. The molecule has 2 saturated heterocycles. The average Bonchev–Trinajstić information content (AvgIpc) is 3.00. The Bertz CT molecular complexity index is 896. The normalized spacial score (nSPS) is 18.2. The molecular weight excluding hydrogens is 404 g/mol. The van der Waals surface area contributed by atoms with Crippen molar-refractivity contribution < 1.29 is 19.1 Å². The van der Waals surface area contributed by atoms with Gasteiger partial charge >= 0.3 is 6.09 Å². The van der Waals surface area contributed by atoms with Crippen LogP contribution in [0.1, 0.15) is 36.0 Å². The number of para-hydroxylation sites is 1. The third kappa shape index (κ3) is 4.40. The van der Waals surface area contributed by atoms with Gasteiger partial charge in [0.1, 0.15) is 0 Å². The molecule has 0 unspecified atom stereocenters. The molecule has 2 heterocycles. The number of ketones is 1. The largest absolute Gasteiger partial charge is 0.432 e. The van der Waals surface area contributed by atoms with E-state index in [-0.39, 0.29) is 24.1 Å². The van der Waals surface area contributed by atoms with E-state index in [4.69, 9.17) is 4.74 Å². The SMILES string of the molecule is Cl.O=C(CCCN1CCC2(CC1)OC(=O)N(c1ccccc1)C2=O)c1ccccc1. The van der Waals surface area contributed by atoms with Gasteiger partial charge in [-0.3, -0.25) is 9.59 Å². The summed E-state index contributed by atoms with van der Waals surface area (Å²) in [5.41, 5.74) is 0.235. The summed E-state index contributed by atoms with van der Waals surface area (Å²) in [5.74, 6) is -0.120. The highest BCUT2D eigenvalue weighted by molar-refractivity contribution is 6.20. The van der Waals surface area contributed by atoms with Crippen LogP contribution in [-0.2, 0) is 9.53 Å². The molecule has 0 bridgehead atoms. The fraction of sp³-hybridized carbons (Fsp3) is 0.348. The zero-order chi connectivity index (χ0) is 20.3. The third-order valence-electron chi connectivity index (χ3n) is 5.71. The first-order valence-corrected chi connectivity index (χ1v) is 10.0. The Hall–Kier alpha value is -2.70. The van der Waals surface area contributed by atoms with Crippen LogP contribution >= 0.6 is 12.4 Å². The molecule has 0 N–H and O–H groups in total. The lowest BCUT2D eigenvalue weighted by Gasteiger charge is -2.36. The second-order valence-electron chi connectivity index (χ2n) is 7.57. The molecule has 2 aromatic rings. The lowest BCUT2D eigenvalue weighted by Crippen LogP contribution is -2.50. The summed E-state index contributed by atoms with van der Waals surface area (Å²) >= 11 is 0. The molecule has 4 rings (SSSR count). The van der Waals surface area contributed by atoms with Crippen LogP contribution in [0.5, 0.6) is 0 Å². The van der Waals surface area contributed by atoms with Gasteiger partial charge in [-0.1, -0.05) is 48.5 Å². The number of Topliss-reactive ketones (excluding diaryl/α,β-unsaturated/α-hetero) is 1. The first kappa shape index (κ1) is 22.0. The Kier molecular flexibility index (Phi) is 6.90. The van der Waals surface area contributed by atoms with Gasteiger partial charge in [0.25, 0.3) is 5.91 Å². The molecule has 7 heteroatoms. The molecule has 2 aromatic carbocycles. The number of halogens is 1. The first-order chi connectivity index (χ1) is 14.1. The molecule has 0 aromatic heterocycles.